The fourth-order valence-corrected chi connectivity index (χ4v) is 3.38. The van der Waals surface area contributed by atoms with Gasteiger partial charge >= 0.3 is 19.3 Å². The molecular weight excluding hydrogens is 401 g/mol. The Morgan fingerprint density at radius 1 is 1.11 bits per heavy atom. The molecule has 0 fully saturated rings. The Morgan fingerprint density at radius 2 is 1.71 bits per heavy atom. The van der Waals surface area contributed by atoms with Gasteiger partial charge in [-0.3, -0.25) is 45.8 Å². The number of hydrazine groups is 1. The zero-order valence-electron chi connectivity index (χ0n) is 14.9. The predicted octanol–water partition coefficient (Wildman–Crippen LogP) is 1.92. The van der Waals surface area contributed by atoms with Gasteiger partial charge in [-0.05, 0) is 19.9 Å². The zero-order chi connectivity index (χ0) is 21.3. The highest BCUT2D eigenvalue weighted by atomic mass is 31.2. The van der Waals surface area contributed by atoms with Crippen LogP contribution in [-0.2, 0) is 18.4 Å². The molecule has 14 nitrogen and oxygen atoms in total. The topological polar surface area (TPSA) is 192 Å². The summed E-state index contributed by atoms with van der Waals surface area (Å²) in [5.74, 6) is -0.970. The predicted molar refractivity (Wildman–Crippen MR) is 95.8 cm³/mol. The number of nitro benzene ring substituents is 2. The smallest absolute Gasteiger partial charge is 0.309 e. The molecule has 0 radical (unpaired) electrons. The van der Waals surface area contributed by atoms with Crippen molar-refractivity contribution >= 4 is 36.6 Å². The number of carbonyl (C=O) groups is 2. The van der Waals surface area contributed by atoms with Gasteiger partial charge in [0.25, 0.3) is 5.69 Å². The first-order valence-electron chi connectivity index (χ1n) is 7.78. The number of nitrogens with one attached hydrogen (secondary N) is 3. The first kappa shape index (κ1) is 23.0. The lowest BCUT2D eigenvalue weighted by atomic mass is 10.2. The Hall–Kier alpha value is -3.09. The van der Waals surface area contributed by atoms with Crippen molar-refractivity contribution in [3.05, 3.63) is 38.4 Å². The summed E-state index contributed by atoms with van der Waals surface area (Å²) in [4.78, 5) is 43.5. The number of carbonyl (C=O) groups excluding carboxylic acids is 2. The number of amides is 3. The van der Waals surface area contributed by atoms with Crippen molar-refractivity contribution in [1.82, 2.24) is 10.7 Å². The van der Waals surface area contributed by atoms with Crippen LogP contribution in [0.5, 0.6) is 0 Å². The van der Waals surface area contributed by atoms with E-state index in [1.54, 1.807) is 13.8 Å². The van der Waals surface area contributed by atoms with Crippen LogP contribution in [0.4, 0.5) is 21.9 Å². The number of anilines is 1. The first-order chi connectivity index (χ1) is 13.1. The number of nitrogens with zero attached hydrogens (tertiary/aromatic N) is 2. The van der Waals surface area contributed by atoms with Gasteiger partial charge in [-0.25, -0.2) is 4.79 Å². The second-order valence-corrected chi connectivity index (χ2v) is 7.00. The standard InChI is InChI=1S/C13H18N5O9P/c1-3-26-28(25,27-4-2)8-12(19)14-13(20)16-15-10-6-5-9(17(21)22)7-11(10)18(23)24/h5-7,15H,3-4,8H2,1-2H3,(H2,14,16,19,20). The summed E-state index contributed by atoms with van der Waals surface area (Å²) in [6.45, 7) is 3.17. The molecule has 0 unspecified atom stereocenters. The second-order valence-electron chi connectivity index (χ2n) is 4.95. The van der Waals surface area contributed by atoms with E-state index >= 15 is 0 Å². The van der Waals surface area contributed by atoms with Gasteiger partial charge in [0.2, 0.25) is 5.91 Å². The molecule has 0 aromatic heterocycles. The fourth-order valence-electron chi connectivity index (χ4n) is 1.91. The zero-order valence-corrected chi connectivity index (χ0v) is 15.8. The first-order valence-corrected chi connectivity index (χ1v) is 9.51. The molecule has 1 rings (SSSR count). The maximum Gasteiger partial charge on any atom is 0.340 e. The van der Waals surface area contributed by atoms with E-state index in [1.807, 2.05) is 10.7 Å². The number of benzene rings is 1. The molecule has 0 heterocycles. The van der Waals surface area contributed by atoms with Gasteiger partial charge < -0.3 is 9.05 Å². The minimum atomic E-state index is -3.71. The van der Waals surface area contributed by atoms with E-state index in [0.29, 0.717) is 6.07 Å². The Balaban J connectivity index is 2.72. The van der Waals surface area contributed by atoms with E-state index in [-0.39, 0.29) is 18.9 Å². The number of imide groups is 1. The lowest BCUT2D eigenvalue weighted by molar-refractivity contribution is -0.393. The van der Waals surface area contributed by atoms with E-state index in [4.69, 9.17) is 9.05 Å². The molecule has 0 spiro atoms. The van der Waals surface area contributed by atoms with E-state index in [1.165, 1.54) is 0 Å². The number of non-ortho nitro benzene ring substituents is 1. The van der Waals surface area contributed by atoms with Crippen LogP contribution in [0.2, 0.25) is 0 Å². The van der Waals surface area contributed by atoms with Crippen LogP contribution in [0, 0.1) is 20.2 Å². The third-order valence-corrected chi connectivity index (χ3v) is 4.92. The highest BCUT2D eigenvalue weighted by Gasteiger charge is 2.28. The summed E-state index contributed by atoms with van der Waals surface area (Å²) >= 11 is 0. The quantitative estimate of drug-likeness (QED) is 0.287. The molecule has 15 heteroatoms. The molecule has 0 aliphatic rings. The molecule has 0 saturated heterocycles. The van der Waals surface area contributed by atoms with Gasteiger partial charge in [0.05, 0.1) is 29.1 Å². The molecule has 0 aliphatic carbocycles. The van der Waals surface area contributed by atoms with E-state index in [2.05, 4.69) is 5.43 Å². The van der Waals surface area contributed by atoms with Crippen molar-refractivity contribution in [3.63, 3.8) is 0 Å². The van der Waals surface area contributed by atoms with E-state index in [0.717, 1.165) is 12.1 Å². The largest absolute Gasteiger partial charge is 0.340 e. The Kier molecular flexibility index (Phi) is 8.44. The van der Waals surface area contributed by atoms with E-state index in [9.17, 15) is 34.4 Å². The van der Waals surface area contributed by atoms with Gasteiger partial charge in [0.1, 0.15) is 11.8 Å². The number of rotatable bonds is 10. The van der Waals surface area contributed by atoms with Crippen molar-refractivity contribution in [2.24, 2.45) is 0 Å². The van der Waals surface area contributed by atoms with Crippen LogP contribution in [-0.4, -0.2) is 41.2 Å². The molecule has 0 bridgehead atoms. The van der Waals surface area contributed by atoms with Crippen LogP contribution in [0.3, 0.4) is 0 Å². The SMILES string of the molecule is CCOP(=O)(CC(=O)NC(=O)NNc1ccc([N+](=O)[O-])cc1[N+](=O)[O-])OCC. The molecule has 3 amide bonds. The molecule has 0 atom stereocenters. The minimum absolute atomic E-state index is 0.0299. The van der Waals surface area contributed by atoms with Crippen LogP contribution < -0.4 is 16.2 Å². The highest BCUT2D eigenvalue weighted by Crippen LogP contribution is 2.47. The summed E-state index contributed by atoms with van der Waals surface area (Å²) in [5.41, 5.74) is 2.69. The lowest BCUT2D eigenvalue weighted by Crippen LogP contribution is -2.43. The van der Waals surface area contributed by atoms with Gasteiger partial charge in [-0.15, -0.1) is 0 Å². The Labute approximate surface area is 158 Å². The molecule has 3 N–H and O–H groups in total. The molecule has 1 aromatic carbocycles. The van der Waals surface area contributed by atoms with Gasteiger partial charge in [0.15, 0.2) is 0 Å². The highest BCUT2D eigenvalue weighted by molar-refractivity contribution is 7.54. The normalized spacial score (nSPS) is 10.8. The average Bonchev–Trinajstić information content (AvgIpc) is 2.59. The van der Waals surface area contributed by atoms with Crippen molar-refractivity contribution < 1.29 is 33.0 Å². The van der Waals surface area contributed by atoms with Gasteiger partial charge in [-0.2, -0.15) is 0 Å². The van der Waals surface area contributed by atoms with Crippen LogP contribution in [0.1, 0.15) is 13.8 Å². The lowest BCUT2D eigenvalue weighted by Gasteiger charge is -2.16. The number of urea groups is 1. The second kappa shape index (κ2) is 10.3. The van der Waals surface area contributed by atoms with Crippen LogP contribution in [0.15, 0.2) is 18.2 Å². The van der Waals surface area contributed by atoms with Crippen LogP contribution in [0.25, 0.3) is 0 Å². The molecule has 28 heavy (non-hydrogen) atoms. The number of hydrogen-bond acceptors (Lipinski definition) is 10. The summed E-state index contributed by atoms with van der Waals surface area (Å²) < 4.78 is 22.0. The minimum Gasteiger partial charge on any atom is -0.309 e. The monoisotopic (exact) mass is 419 g/mol. The van der Waals surface area contributed by atoms with Gasteiger partial charge in [0, 0.05) is 6.07 Å². The molecular formula is C13H18N5O9P. The maximum atomic E-state index is 12.2. The molecule has 0 aliphatic heterocycles. The number of nitro groups is 2. The Bertz CT molecular complexity index is 806. The summed E-state index contributed by atoms with van der Waals surface area (Å²) in [6.07, 6.45) is -0.709. The van der Waals surface area contributed by atoms with Crippen molar-refractivity contribution in [3.8, 4) is 0 Å². The van der Waals surface area contributed by atoms with Crippen LogP contribution >= 0.6 is 7.60 Å². The maximum absolute atomic E-state index is 12.2. The van der Waals surface area contributed by atoms with Gasteiger partial charge in [-0.1, -0.05) is 0 Å². The summed E-state index contributed by atoms with van der Waals surface area (Å²) in [7, 11) is -3.71. The van der Waals surface area contributed by atoms with Crippen molar-refractivity contribution in [1.29, 1.82) is 0 Å². The molecule has 0 saturated carbocycles. The van der Waals surface area contributed by atoms with Crippen molar-refractivity contribution in [2.75, 3.05) is 24.8 Å². The number of hydrogen-bond donors (Lipinski definition) is 3. The third kappa shape index (κ3) is 6.90. The fraction of sp³-hybridized carbons (Fsp3) is 0.385. The molecule has 154 valence electrons. The Morgan fingerprint density at radius 3 is 2.21 bits per heavy atom. The van der Waals surface area contributed by atoms with E-state index < -0.39 is 46.9 Å². The van der Waals surface area contributed by atoms with Crippen molar-refractivity contribution in [2.45, 2.75) is 13.8 Å². The summed E-state index contributed by atoms with van der Waals surface area (Å²) in [6, 6.07) is 1.59. The average molecular weight is 419 g/mol. The summed E-state index contributed by atoms with van der Waals surface area (Å²) in [5, 5.41) is 23.5. The molecule has 1 aromatic rings. The third-order valence-electron chi connectivity index (χ3n) is 2.94.